The number of rotatable bonds is 8. The lowest BCUT2D eigenvalue weighted by molar-refractivity contribution is -0.118. The van der Waals surface area contributed by atoms with Crippen LogP contribution in [0.25, 0.3) is 0 Å². The number of carboxylic acids is 1. The molecule has 0 saturated heterocycles. The van der Waals surface area contributed by atoms with Crippen molar-refractivity contribution in [1.82, 2.24) is 4.72 Å². The molecule has 186 valence electrons. The maximum Gasteiger partial charge on any atom is 0.337 e. The van der Waals surface area contributed by atoms with E-state index in [0.29, 0.717) is 18.7 Å². The number of para-hydroxylation sites is 1. The molecule has 10 heteroatoms. The van der Waals surface area contributed by atoms with Crippen LogP contribution in [0.2, 0.25) is 0 Å². The normalized spacial score (nSPS) is 13.6. The number of sulfonamides is 1. The fourth-order valence-corrected chi connectivity index (χ4v) is 5.41. The van der Waals surface area contributed by atoms with Crippen molar-refractivity contribution in [3.63, 3.8) is 0 Å². The molecule has 0 fully saturated rings. The Labute approximate surface area is 208 Å². The zero-order valence-corrected chi connectivity index (χ0v) is 20.3. The van der Waals surface area contributed by atoms with Crippen LogP contribution in [0.5, 0.6) is 0 Å². The van der Waals surface area contributed by atoms with Crippen molar-refractivity contribution >= 4 is 39.2 Å². The Morgan fingerprint density at radius 1 is 1.00 bits per heavy atom. The van der Waals surface area contributed by atoms with Crippen LogP contribution in [0.1, 0.15) is 28.4 Å². The van der Waals surface area contributed by atoms with Crippen LogP contribution in [0.4, 0.5) is 11.4 Å². The number of carbonyl (C=O) groups is 3. The number of hydrogen-bond acceptors (Lipinski definition) is 5. The molecule has 0 aromatic heterocycles. The fraction of sp³-hybridized carbons (Fsp3) is 0.192. The predicted octanol–water partition coefficient (Wildman–Crippen LogP) is 2.82. The van der Waals surface area contributed by atoms with Gasteiger partial charge in [0.25, 0.3) is 0 Å². The number of amides is 2. The standard InChI is InChI=1S/C26H25N3O6S/c1-17(30)29-14-13-19-16-20(11-12-24(19)29)36(34,35)28-23(15-18-7-3-2-4-8-18)25(31)27-22-10-6-5-9-21(22)26(32)33/h2-12,16,23,28H,13-15H2,1H3,(H,27,31)(H,32,33). The highest BCUT2D eigenvalue weighted by Gasteiger charge is 2.29. The second-order valence-electron chi connectivity index (χ2n) is 8.41. The van der Waals surface area contributed by atoms with E-state index in [0.717, 1.165) is 11.1 Å². The Hall–Kier alpha value is -4.02. The molecule has 3 aromatic rings. The van der Waals surface area contributed by atoms with Crippen LogP contribution in [-0.4, -0.2) is 43.9 Å². The number of nitrogens with one attached hydrogen (secondary N) is 2. The Morgan fingerprint density at radius 3 is 2.39 bits per heavy atom. The molecular formula is C26H25N3O6S. The fourth-order valence-electron chi connectivity index (χ4n) is 4.16. The van der Waals surface area contributed by atoms with E-state index in [1.807, 2.05) is 0 Å². The van der Waals surface area contributed by atoms with Gasteiger partial charge in [0.15, 0.2) is 0 Å². The zero-order chi connectivity index (χ0) is 25.9. The number of carbonyl (C=O) groups excluding carboxylic acids is 2. The molecule has 0 saturated carbocycles. The maximum absolute atomic E-state index is 13.3. The summed E-state index contributed by atoms with van der Waals surface area (Å²) >= 11 is 0. The van der Waals surface area contributed by atoms with Crippen LogP contribution < -0.4 is 14.9 Å². The molecule has 1 aliphatic rings. The van der Waals surface area contributed by atoms with Gasteiger partial charge < -0.3 is 15.3 Å². The summed E-state index contributed by atoms with van der Waals surface area (Å²) in [6.45, 7) is 1.93. The molecule has 1 aliphatic heterocycles. The molecule has 1 atom stereocenters. The first-order chi connectivity index (χ1) is 17.2. The molecule has 0 radical (unpaired) electrons. The molecule has 1 heterocycles. The number of carboxylic acid groups (broad SMARTS) is 1. The lowest BCUT2D eigenvalue weighted by Crippen LogP contribution is -2.45. The largest absolute Gasteiger partial charge is 0.478 e. The Balaban J connectivity index is 1.62. The Bertz CT molecular complexity index is 1420. The topological polar surface area (TPSA) is 133 Å². The van der Waals surface area contributed by atoms with Gasteiger partial charge >= 0.3 is 5.97 Å². The summed E-state index contributed by atoms with van der Waals surface area (Å²) in [6.07, 6.45) is 0.572. The van der Waals surface area contributed by atoms with E-state index in [-0.39, 0.29) is 28.5 Å². The summed E-state index contributed by atoms with van der Waals surface area (Å²) in [5, 5.41) is 12.0. The van der Waals surface area contributed by atoms with Crippen molar-refractivity contribution in [3.8, 4) is 0 Å². The zero-order valence-electron chi connectivity index (χ0n) is 19.5. The number of nitrogens with zero attached hydrogens (tertiary/aromatic N) is 1. The quantitative estimate of drug-likeness (QED) is 0.430. The Morgan fingerprint density at radius 2 is 1.69 bits per heavy atom. The van der Waals surface area contributed by atoms with Gasteiger partial charge in [-0.05, 0) is 54.3 Å². The SMILES string of the molecule is CC(=O)N1CCc2cc(S(=O)(=O)NC(Cc3ccccc3)C(=O)Nc3ccccc3C(=O)O)ccc21. The highest BCUT2D eigenvalue weighted by atomic mass is 32.2. The summed E-state index contributed by atoms with van der Waals surface area (Å²) in [4.78, 5) is 38.2. The van der Waals surface area contributed by atoms with E-state index in [1.54, 1.807) is 47.4 Å². The van der Waals surface area contributed by atoms with Gasteiger partial charge in [-0.15, -0.1) is 0 Å². The van der Waals surface area contributed by atoms with E-state index in [4.69, 9.17) is 0 Å². The van der Waals surface area contributed by atoms with Gasteiger partial charge in [0.05, 0.1) is 16.1 Å². The number of fused-ring (bicyclic) bond motifs is 1. The lowest BCUT2D eigenvalue weighted by atomic mass is 10.1. The van der Waals surface area contributed by atoms with Crippen LogP contribution in [0.15, 0.2) is 77.7 Å². The molecule has 0 spiro atoms. The van der Waals surface area contributed by atoms with Crippen LogP contribution in [-0.2, 0) is 32.5 Å². The van der Waals surface area contributed by atoms with E-state index in [9.17, 15) is 27.9 Å². The first-order valence-electron chi connectivity index (χ1n) is 11.3. The van der Waals surface area contributed by atoms with E-state index in [2.05, 4.69) is 10.0 Å². The van der Waals surface area contributed by atoms with Gasteiger partial charge in [-0.2, -0.15) is 4.72 Å². The third-order valence-electron chi connectivity index (χ3n) is 5.95. The molecule has 1 unspecified atom stereocenters. The third-order valence-corrected chi connectivity index (χ3v) is 7.42. The number of anilines is 2. The highest BCUT2D eigenvalue weighted by Crippen LogP contribution is 2.30. The minimum absolute atomic E-state index is 0.0246. The Kier molecular flexibility index (Phi) is 7.18. The molecule has 4 rings (SSSR count). The van der Waals surface area contributed by atoms with Crippen molar-refractivity contribution in [2.24, 2.45) is 0 Å². The van der Waals surface area contributed by atoms with E-state index >= 15 is 0 Å². The van der Waals surface area contributed by atoms with Crippen molar-refractivity contribution < 1.29 is 27.9 Å². The predicted molar refractivity (Wildman–Crippen MR) is 134 cm³/mol. The average molecular weight is 508 g/mol. The molecule has 36 heavy (non-hydrogen) atoms. The second-order valence-corrected chi connectivity index (χ2v) is 10.1. The third kappa shape index (κ3) is 5.45. The monoisotopic (exact) mass is 507 g/mol. The summed E-state index contributed by atoms with van der Waals surface area (Å²) in [5.74, 6) is -2.03. The van der Waals surface area contributed by atoms with Crippen molar-refractivity contribution in [2.75, 3.05) is 16.8 Å². The van der Waals surface area contributed by atoms with Gasteiger partial charge in [0.1, 0.15) is 6.04 Å². The van der Waals surface area contributed by atoms with Crippen LogP contribution in [0.3, 0.4) is 0 Å². The van der Waals surface area contributed by atoms with Gasteiger partial charge in [0, 0.05) is 19.2 Å². The summed E-state index contributed by atoms with van der Waals surface area (Å²) in [7, 11) is -4.13. The molecule has 0 aliphatic carbocycles. The first-order valence-corrected chi connectivity index (χ1v) is 12.7. The average Bonchev–Trinajstić information content (AvgIpc) is 3.28. The lowest BCUT2D eigenvalue weighted by Gasteiger charge is -2.20. The van der Waals surface area contributed by atoms with Crippen molar-refractivity contribution in [2.45, 2.75) is 30.7 Å². The van der Waals surface area contributed by atoms with Crippen molar-refractivity contribution in [3.05, 3.63) is 89.5 Å². The number of hydrogen-bond donors (Lipinski definition) is 3. The first kappa shape index (κ1) is 25.1. The highest BCUT2D eigenvalue weighted by molar-refractivity contribution is 7.89. The molecule has 9 nitrogen and oxygen atoms in total. The van der Waals surface area contributed by atoms with Gasteiger partial charge in [-0.3, -0.25) is 9.59 Å². The summed E-state index contributed by atoms with van der Waals surface area (Å²) in [6, 6.07) is 18.1. The van der Waals surface area contributed by atoms with Gasteiger partial charge in [-0.25, -0.2) is 13.2 Å². The van der Waals surface area contributed by atoms with E-state index < -0.39 is 27.9 Å². The van der Waals surface area contributed by atoms with Crippen LogP contribution >= 0.6 is 0 Å². The van der Waals surface area contributed by atoms with E-state index in [1.165, 1.54) is 37.3 Å². The molecule has 0 bridgehead atoms. The van der Waals surface area contributed by atoms with Gasteiger partial charge in [-0.1, -0.05) is 42.5 Å². The second kappa shape index (κ2) is 10.3. The minimum atomic E-state index is -4.13. The summed E-state index contributed by atoms with van der Waals surface area (Å²) < 4.78 is 29.1. The minimum Gasteiger partial charge on any atom is -0.478 e. The molecular weight excluding hydrogens is 482 g/mol. The molecule has 3 N–H and O–H groups in total. The molecule has 3 aromatic carbocycles. The van der Waals surface area contributed by atoms with Gasteiger partial charge in [0.2, 0.25) is 21.8 Å². The number of aromatic carboxylic acids is 1. The maximum atomic E-state index is 13.3. The summed E-state index contributed by atoms with van der Waals surface area (Å²) in [5.41, 5.74) is 2.07. The molecule has 2 amide bonds. The smallest absolute Gasteiger partial charge is 0.337 e. The number of benzene rings is 3. The van der Waals surface area contributed by atoms with Crippen molar-refractivity contribution in [1.29, 1.82) is 0 Å². The van der Waals surface area contributed by atoms with Crippen LogP contribution in [0, 0.1) is 0 Å².